The monoisotopic (exact) mass is 254 g/mol. The number of rotatable bonds is 6. The van der Waals surface area contributed by atoms with Gasteiger partial charge >= 0.3 is 0 Å². The molecular formula is C16H18N2O. The molecule has 0 saturated heterocycles. The van der Waals surface area contributed by atoms with Gasteiger partial charge in [0.2, 0.25) is 0 Å². The maximum absolute atomic E-state index is 9.56. The first-order chi connectivity index (χ1) is 9.36. The van der Waals surface area contributed by atoms with E-state index in [0.717, 1.165) is 18.7 Å². The number of aromatic hydroxyl groups is 1. The number of nitrogens with zero attached hydrogens (tertiary/aromatic N) is 1. The molecule has 2 N–H and O–H groups in total. The molecule has 0 aromatic heterocycles. The average Bonchev–Trinajstić information content (AvgIpc) is 2.45. The van der Waals surface area contributed by atoms with Gasteiger partial charge in [-0.05, 0) is 17.7 Å². The van der Waals surface area contributed by atoms with Gasteiger partial charge in [-0.25, -0.2) is 0 Å². The molecule has 0 amide bonds. The van der Waals surface area contributed by atoms with Gasteiger partial charge < -0.3 is 10.4 Å². The highest BCUT2D eigenvalue weighted by atomic mass is 16.3. The van der Waals surface area contributed by atoms with Gasteiger partial charge in [0.15, 0.2) is 0 Å². The van der Waals surface area contributed by atoms with Crippen molar-refractivity contribution in [2.45, 2.75) is 6.54 Å². The van der Waals surface area contributed by atoms with Gasteiger partial charge in [-0.2, -0.15) is 0 Å². The summed E-state index contributed by atoms with van der Waals surface area (Å²) in [6.45, 7) is 2.37. The first kappa shape index (κ1) is 13.3. The lowest BCUT2D eigenvalue weighted by atomic mass is 10.2. The summed E-state index contributed by atoms with van der Waals surface area (Å²) < 4.78 is 0. The van der Waals surface area contributed by atoms with Crippen molar-refractivity contribution in [1.82, 2.24) is 5.32 Å². The fourth-order valence-electron chi connectivity index (χ4n) is 1.73. The Hall–Kier alpha value is -2.13. The van der Waals surface area contributed by atoms with E-state index in [4.69, 9.17) is 0 Å². The zero-order chi connectivity index (χ0) is 13.3. The van der Waals surface area contributed by atoms with Crippen LogP contribution in [0.3, 0.4) is 0 Å². The molecule has 19 heavy (non-hydrogen) atoms. The van der Waals surface area contributed by atoms with Crippen LogP contribution in [0.15, 0.2) is 59.6 Å². The molecule has 2 aromatic rings. The molecule has 0 unspecified atom stereocenters. The molecule has 0 radical (unpaired) electrons. The minimum atomic E-state index is 0.267. The Bertz CT molecular complexity index is 523. The lowest BCUT2D eigenvalue weighted by Gasteiger charge is -2.02. The SMILES string of the molecule is Oc1ccccc1C=NCCNCc1ccccc1. The van der Waals surface area contributed by atoms with E-state index < -0.39 is 0 Å². The second-order valence-corrected chi connectivity index (χ2v) is 4.26. The fraction of sp³-hybridized carbons (Fsp3) is 0.188. The molecular weight excluding hydrogens is 236 g/mol. The zero-order valence-electron chi connectivity index (χ0n) is 10.8. The van der Waals surface area contributed by atoms with Crippen LogP contribution in [-0.2, 0) is 6.54 Å². The van der Waals surface area contributed by atoms with E-state index in [9.17, 15) is 5.11 Å². The molecule has 3 heteroatoms. The van der Waals surface area contributed by atoms with Crippen molar-refractivity contribution in [2.75, 3.05) is 13.1 Å². The third kappa shape index (κ3) is 4.56. The van der Waals surface area contributed by atoms with Gasteiger partial charge in [0.05, 0.1) is 6.54 Å². The Morgan fingerprint density at radius 2 is 1.74 bits per heavy atom. The van der Waals surface area contributed by atoms with Crippen LogP contribution in [0.2, 0.25) is 0 Å². The largest absolute Gasteiger partial charge is 0.507 e. The molecule has 2 aromatic carbocycles. The summed E-state index contributed by atoms with van der Waals surface area (Å²) in [5, 5.41) is 12.9. The number of hydrogen-bond donors (Lipinski definition) is 2. The van der Waals surface area contributed by atoms with E-state index >= 15 is 0 Å². The van der Waals surface area contributed by atoms with E-state index in [2.05, 4.69) is 22.4 Å². The van der Waals surface area contributed by atoms with Crippen molar-refractivity contribution >= 4 is 6.21 Å². The summed E-state index contributed by atoms with van der Waals surface area (Å²) in [5.74, 6) is 0.267. The van der Waals surface area contributed by atoms with E-state index in [-0.39, 0.29) is 5.75 Å². The second kappa shape index (κ2) is 7.34. The van der Waals surface area contributed by atoms with Crippen LogP contribution in [0.5, 0.6) is 5.75 Å². The van der Waals surface area contributed by atoms with Gasteiger partial charge in [0.1, 0.15) is 5.75 Å². The Morgan fingerprint density at radius 1 is 1.00 bits per heavy atom. The zero-order valence-corrected chi connectivity index (χ0v) is 10.8. The molecule has 98 valence electrons. The van der Waals surface area contributed by atoms with Crippen molar-refractivity contribution in [3.63, 3.8) is 0 Å². The summed E-state index contributed by atoms with van der Waals surface area (Å²) in [7, 11) is 0. The smallest absolute Gasteiger partial charge is 0.124 e. The highest BCUT2D eigenvalue weighted by molar-refractivity contribution is 5.83. The first-order valence-corrected chi connectivity index (χ1v) is 6.39. The summed E-state index contributed by atoms with van der Waals surface area (Å²) in [6, 6.07) is 17.5. The minimum Gasteiger partial charge on any atom is -0.507 e. The molecule has 2 rings (SSSR count). The molecule has 0 aliphatic heterocycles. The normalized spacial score (nSPS) is 10.9. The lowest BCUT2D eigenvalue weighted by molar-refractivity contribution is 0.474. The van der Waals surface area contributed by atoms with Crippen molar-refractivity contribution < 1.29 is 5.11 Å². The number of nitrogens with one attached hydrogen (secondary N) is 1. The van der Waals surface area contributed by atoms with Gasteiger partial charge in [-0.3, -0.25) is 4.99 Å². The van der Waals surface area contributed by atoms with E-state index in [0.29, 0.717) is 6.54 Å². The molecule has 0 spiro atoms. The maximum Gasteiger partial charge on any atom is 0.124 e. The van der Waals surface area contributed by atoms with Crippen molar-refractivity contribution in [3.05, 3.63) is 65.7 Å². The van der Waals surface area contributed by atoms with Crippen molar-refractivity contribution in [1.29, 1.82) is 0 Å². The Morgan fingerprint density at radius 3 is 2.53 bits per heavy atom. The fourth-order valence-corrected chi connectivity index (χ4v) is 1.73. The number of phenolic OH excluding ortho intramolecular Hbond substituents is 1. The Kier molecular flexibility index (Phi) is 5.14. The quantitative estimate of drug-likeness (QED) is 0.615. The van der Waals surface area contributed by atoms with Crippen molar-refractivity contribution in [2.24, 2.45) is 4.99 Å². The average molecular weight is 254 g/mol. The standard InChI is InChI=1S/C16H18N2O/c19-16-9-5-4-8-15(16)13-18-11-10-17-12-14-6-2-1-3-7-14/h1-9,13,17,19H,10-12H2. The molecule has 0 saturated carbocycles. The van der Waals surface area contributed by atoms with E-state index in [1.54, 1.807) is 18.3 Å². The van der Waals surface area contributed by atoms with E-state index in [1.807, 2.05) is 30.3 Å². The van der Waals surface area contributed by atoms with Crippen LogP contribution >= 0.6 is 0 Å². The molecule has 0 atom stereocenters. The highest BCUT2D eigenvalue weighted by Gasteiger charge is 1.94. The molecule has 0 heterocycles. The second-order valence-electron chi connectivity index (χ2n) is 4.26. The van der Waals surface area contributed by atoms with Gasteiger partial charge in [-0.1, -0.05) is 42.5 Å². The molecule has 0 bridgehead atoms. The molecule has 0 fully saturated rings. The third-order valence-corrected chi connectivity index (χ3v) is 2.76. The topological polar surface area (TPSA) is 44.6 Å². The summed E-state index contributed by atoms with van der Waals surface area (Å²) in [6.07, 6.45) is 1.71. The van der Waals surface area contributed by atoms with Gasteiger partial charge in [0.25, 0.3) is 0 Å². The van der Waals surface area contributed by atoms with Gasteiger partial charge in [0, 0.05) is 24.9 Å². The summed E-state index contributed by atoms with van der Waals surface area (Å²) >= 11 is 0. The van der Waals surface area contributed by atoms with Crippen LogP contribution in [0.4, 0.5) is 0 Å². The number of benzene rings is 2. The van der Waals surface area contributed by atoms with Gasteiger partial charge in [-0.15, -0.1) is 0 Å². The predicted molar refractivity (Wildman–Crippen MR) is 78.7 cm³/mol. The lowest BCUT2D eigenvalue weighted by Crippen LogP contribution is -2.16. The van der Waals surface area contributed by atoms with Crippen LogP contribution in [0.1, 0.15) is 11.1 Å². The predicted octanol–water partition coefficient (Wildman–Crippen LogP) is 2.60. The summed E-state index contributed by atoms with van der Waals surface area (Å²) in [4.78, 5) is 4.29. The third-order valence-electron chi connectivity index (χ3n) is 2.76. The van der Waals surface area contributed by atoms with Crippen LogP contribution in [0, 0.1) is 0 Å². The summed E-state index contributed by atoms with van der Waals surface area (Å²) in [5.41, 5.74) is 2.03. The first-order valence-electron chi connectivity index (χ1n) is 6.39. The van der Waals surface area contributed by atoms with Crippen LogP contribution in [-0.4, -0.2) is 24.4 Å². The molecule has 3 nitrogen and oxygen atoms in total. The molecule has 0 aliphatic rings. The number of hydrogen-bond acceptors (Lipinski definition) is 3. The number of phenols is 1. The van der Waals surface area contributed by atoms with Crippen LogP contribution < -0.4 is 5.32 Å². The number of aliphatic imine (C=N–C) groups is 1. The van der Waals surface area contributed by atoms with Crippen molar-refractivity contribution in [3.8, 4) is 5.75 Å². The molecule has 0 aliphatic carbocycles. The van der Waals surface area contributed by atoms with E-state index in [1.165, 1.54) is 5.56 Å². The van der Waals surface area contributed by atoms with Crippen LogP contribution in [0.25, 0.3) is 0 Å². The number of para-hydroxylation sites is 1. The Balaban J connectivity index is 1.68. The highest BCUT2D eigenvalue weighted by Crippen LogP contribution is 2.12. The minimum absolute atomic E-state index is 0.267. The maximum atomic E-state index is 9.56. The Labute approximate surface area is 113 Å².